The van der Waals surface area contributed by atoms with Crippen LogP contribution in [0.15, 0.2) is 0 Å². The molecule has 0 fully saturated rings. The van der Waals surface area contributed by atoms with Crippen molar-refractivity contribution in [2.24, 2.45) is 5.92 Å². The number of amides is 3. The first-order valence-electron chi connectivity index (χ1n) is 20.1. The highest BCUT2D eigenvalue weighted by Crippen LogP contribution is 2.14. The van der Waals surface area contributed by atoms with Crippen molar-refractivity contribution in [3.8, 4) is 0 Å². The Labute approximate surface area is 331 Å². The van der Waals surface area contributed by atoms with Gasteiger partial charge < -0.3 is 30.0 Å². The lowest BCUT2D eigenvalue weighted by atomic mass is 9.98. The van der Waals surface area contributed by atoms with Crippen LogP contribution >= 0.6 is 0 Å². The van der Waals surface area contributed by atoms with Crippen molar-refractivity contribution in [1.29, 1.82) is 0 Å². The largest absolute Gasteiger partial charge is 0.480 e. The summed E-state index contributed by atoms with van der Waals surface area (Å²) in [5, 5.41) is 27.9. The molecule has 1 heterocycles. The number of rotatable bonds is 38. The molecule has 0 aliphatic carbocycles. The first kappa shape index (κ1) is 50.2. The number of carboxylic acids is 1. The van der Waals surface area contributed by atoms with Gasteiger partial charge in [0.2, 0.25) is 27.7 Å². The predicted octanol–water partition coefficient (Wildman–Crippen LogP) is 3.11. The second kappa shape index (κ2) is 32.3. The topological polar surface area (TPSA) is 266 Å². The highest BCUT2D eigenvalue weighted by atomic mass is 32.2. The van der Waals surface area contributed by atoms with E-state index in [1.165, 1.54) is 51.4 Å². The molecule has 0 aliphatic rings. The van der Waals surface area contributed by atoms with E-state index in [1.807, 2.05) is 0 Å². The van der Waals surface area contributed by atoms with Crippen LogP contribution in [0.3, 0.4) is 0 Å². The third kappa shape index (κ3) is 28.6. The second-order valence-electron chi connectivity index (χ2n) is 13.9. The molecule has 0 saturated heterocycles. The lowest BCUT2D eigenvalue weighted by molar-refractivity contribution is -0.142. The number of carbonyl (C=O) groups excluding carboxylic acids is 5. The molecule has 18 nitrogen and oxygen atoms in total. The molecule has 56 heavy (non-hydrogen) atoms. The van der Waals surface area contributed by atoms with Gasteiger partial charge in [-0.15, -0.1) is 10.2 Å². The number of H-pyrrole nitrogens is 1. The van der Waals surface area contributed by atoms with Gasteiger partial charge in [0, 0.05) is 44.6 Å². The summed E-state index contributed by atoms with van der Waals surface area (Å²) in [6.45, 7) is 1.98. The molecule has 0 aliphatic heterocycles. The van der Waals surface area contributed by atoms with E-state index in [1.54, 1.807) is 6.92 Å². The van der Waals surface area contributed by atoms with Crippen LogP contribution in [-0.2, 0) is 54.7 Å². The summed E-state index contributed by atoms with van der Waals surface area (Å²) in [7, 11) is -3.82. The molecule has 1 rings (SSSR count). The highest BCUT2D eigenvalue weighted by Gasteiger charge is 2.20. The molecule has 5 N–H and O–H groups in total. The van der Waals surface area contributed by atoms with Crippen LogP contribution in [0.1, 0.15) is 141 Å². The van der Waals surface area contributed by atoms with Gasteiger partial charge >= 0.3 is 5.97 Å². The van der Waals surface area contributed by atoms with Crippen molar-refractivity contribution in [2.45, 2.75) is 148 Å². The van der Waals surface area contributed by atoms with E-state index in [0.29, 0.717) is 12.7 Å². The lowest BCUT2D eigenvalue weighted by Gasteiger charge is -2.13. The third-order valence-electron chi connectivity index (χ3n) is 8.95. The smallest absolute Gasteiger partial charge is 0.326 e. The van der Waals surface area contributed by atoms with E-state index in [0.717, 1.165) is 37.9 Å². The van der Waals surface area contributed by atoms with Gasteiger partial charge in [-0.2, -0.15) is 5.21 Å². The number of nitrogens with one attached hydrogen (secondary N) is 4. The minimum atomic E-state index is -3.82. The number of carboxylic acid groups (broad SMARTS) is 1. The maximum atomic E-state index is 12.3. The fourth-order valence-corrected chi connectivity index (χ4v) is 6.82. The summed E-state index contributed by atoms with van der Waals surface area (Å²) < 4.78 is 37.2. The molecular formula is C37H65N7O11S. The predicted molar refractivity (Wildman–Crippen MR) is 207 cm³/mol. The maximum absolute atomic E-state index is 12.3. The summed E-state index contributed by atoms with van der Waals surface area (Å²) in [5.74, 6) is -3.10. The molecule has 0 bridgehead atoms. The zero-order chi connectivity index (χ0) is 41.3. The summed E-state index contributed by atoms with van der Waals surface area (Å²) in [4.78, 5) is 70.6. The van der Waals surface area contributed by atoms with Gasteiger partial charge in [-0.25, -0.2) is 13.2 Å². The molecule has 2 atom stereocenters. The van der Waals surface area contributed by atoms with Crippen LogP contribution < -0.4 is 15.4 Å². The molecule has 3 amide bonds. The van der Waals surface area contributed by atoms with Gasteiger partial charge in [-0.05, 0) is 32.1 Å². The van der Waals surface area contributed by atoms with Crippen LogP contribution in [0.5, 0.6) is 0 Å². The quantitative estimate of drug-likeness (QED) is 0.0475. The van der Waals surface area contributed by atoms with Gasteiger partial charge in [0.05, 0.1) is 25.6 Å². The van der Waals surface area contributed by atoms with Crippen molar-refractivity contribution in [3.05, 3.63) is 5.82 Å². The maximum Gasteiger partial charge on any atom is 0.326 e. The van der Waals surface area contributed by atoms with Crippen molar-refractivity contribution >= 4 is 45.8 Å². The Morgan fingerprint density at radius 1 is 0.786 bits per heavy atom. The fourth-order valence-electron chi connectivity index (χ4n) is 5.75. The zero-order valence-corrected chi connectivity index (χ0v) is 33.9. The minimum Gasteiger partial charge on any atom is -0.480 e. The Bertz CT molecular complexity index is 1360. The Morgan fingerprint density at radius 2 is 1.39 bits per heavy atom. The number of aromatic nitrogens is 4. The number of tetrazole rings is 1. The SMILES string of the molecule is CCC(NC(=O)CC[C@@H](C=O)CC(=O)COCCOCCNC(=O)CCCS(=O)(=O)NC(=O)CCCCCCCCCCCCCCCc1nn[nH]n1)C(=O)O. The van der Waals surface area contributed by atoms with E-state index in [4.69, 9.17) is 14.6 Å². The number of ether oxygens (including phenoxy) is 2. The van der Waals surface area contributed by atoms with Crippen LogP contribution in [0.25, 0.3) is 0 Å². The highest BCUT2D eigenvalue weighted by molar-refractivity contribution is 7.90. The Hall–Kier alpha value is -3.84. The standard InChI is InChI=1S/C37H65N7O11S/c1-2-32(37(50)51)39-35(48)21-20-30(28-45)27-31(46)29-55-25-24-54-23-22-38-34(47)19-16-26-56(52,53)42-36(49)18-15-13-11-9-7-5-3-4-6-8-10-12-14-17-33-40-43-44-41-33/h28,30,32H,2-27,29H2,1H3,(H,38,47)(H,39,48)(H,42,49)(H,50,51)(H,40,41,43,44)/t30-,32?/m1/s1. The van der Waals surface area contributed by atoms with E-state index in [-0.39, 0.29) is 95.4 Å². The van der Waals surface area contributed by atoms with E-state index in [2.05, 4.69) is 36.0 Å². The number of carbonyl (C=O) groups is 6. The zero-order valence-electron chi connectivity index (χ0n) is 33.1. The molecular weight excluding hydrogens is 751 g/mol. The molecule has 0 spiro atoms. The van der Waals surface area contributed by atoms with Crippen LogP contribution in [-0.4, -0.2) is 115 Å². The summed E-state index contributed by atoms with van der Waals surface area (Å²) in [5.41, 5.74) is 0. The van der Waals surface area contributed by atoms with Crippen molar-refractivity contribution < 1.29 is 51.8 Å². The monoisotopic (exact) mass is 815 g/mol. The van der Waals surface area contributed by atoms with Gasteiger partial charge in [0.1, 0.15) is 18.9 Å². The summed E-state index contributed by atoms with van der Waals surface area (Å²) in [6.07, 6.45) is 16.3. The number of unbranched alkanes of at least 4 members (excludes halogenated alkanes) is 12. The number of aryl methyl sites for hydroxylation is 1. The first-order valence-corrected chi connectivity index (χ1v) is 21.8. The van der Waals surface area contributed by atoms with Crippen molar-refractivity contribution in [2.75, 3.05) is 38.7 Å². The molecule has 0 aromatic carbocycles. The first-order chi connectivity index (χ1) is 27.0. The minimum absolute atomic E-state index is 0.0298. The number of aldehydes is 1. The molecule has 1 unspecified atom stereocenters. The van der Waals surface area contributed by atoms with Crippen LogP contribution in [0.2, 0.25) is 0 Å². The summed E-state index contributed by atoms with van der Waals surface area (Å²) in [6, 6.07) is -1.00. The Balaban J connectivity index is 1.94. The normalized spacial score (nSPS) is 12.4. The van der Waals surface area contributed by atoms with Crippen LogP contribution in [0, 0.1) is 5.92 Å². The number of sulfonamides is 1. The molecule has 0 saturated carbocycles. The third-order valence-corrected chi connectivity index (χ3v) is 10.3. The lowest BCUT2D eigenvalue weighted by Crippen LogP contribution is -2.40. The second-order valence-corrected chi connectivity index (χ2v) is 15.8. The van der Waals surface area contributed by atoms with Crippen molar-refractivity contribution in [3.63, 3.8) is 0 Å². The van der Waals surface area contributed by atoms with E-state index in [9.17, 15) is 37.2 Å². The van der Waals surface area contributed by atoms with Gasteiger partial charge in [-0.1, -0.05) is 82.8 Å². The van der Waals surface area contributed by atoms with Crippen LogP contribution in [0.4, 0.5) is 0 Å². The number of hydrogen-bond acceptors (Lipinski definition) is 13. The average Bonchev–Trinajstić information content (AvgIpc) is 3.68. The Kier molecular flexibility index (Phi) is 28.9. The number of Topliss-reactive ketones (excluding diaryl/α,β-unsaturated/α-hetero) is 1. The van der Waals surface area contributed by atoms with Gasteiger partial charge in [0.25, 0.3) is 0 Å². The fraction of sp³-hybridized carbons (Fsp3) is 0.811. The number of nitrogens with zero attached hydrogens (tertiary/aromatic N) is 3. The van der Waals surface area contributed by atoms with Crippen molar-refractivity contribution in [1.82, 2.24) is 36.0 Å². The number of hydrogen-bond donors (Lipinski definition) is 5. The van der Waals surface area contributed by atoms with Gasteiger partial charge in [0.15, 0.2) is 11.6 Å². The molecule has 1 aromatic rings. The number of aromatic amines is 1. The molecule has 0 radical (unpaired) electrons. The van der Waals surface area contributed by atoms with E-state index < -0.39 is 39.8 Å². The summed E-state index contributed by atoms with van der Waals surface area (Å²) >= 11 is 0. The Morgan fingerprint density at radius 3 is 1.98 bits per heavy atom. The van der Waals surface area contributed by atoms with Gasteiger partial charge in [-0.3, -0.25) is 23.9 Å². The molecule has 19 heteroatoms. The molecule has 1 aromatic heterocycles. The number of aliphatic carboxylic acids is 1. The average molecular weight is 816 g/mol. The number of ketones is 1. The van der Waals surface area contributed by atoms with E-state index >= 15 is 0 Å². The molecule has 320 valence electrons.